The number of carbonyl (C=O) groups excluding carboxylic acids is 1. The summed E-state index contributed by atoms with van der Waals surface area (Å²) in [6, 6.07) is 9.19. The molecule has 0 unspecified atom stereocenters. The molecule has 0 atom stereocenters. The lowest BCUT2D eigenvalue weighted by atomic mass is 10.1. The van der Waals surface area contributed by atoms with Gasteiger partial charge < -0.3 is 4.90 Å². The Morgan fingerprint density at radius 2 is 1.79 bits per heavy atom. The zero-order chi connectivity index (χ0) is 21.1. The van der Waals surface area contributed by atoms with Crippen LogP contribution in [0.5, 0.6) is 0 Å². The molecular weight excluding hydrogens is 425 g/mol. The summed E-state index contributed by atoms with van der Waals surface area (Å²) in [5, 5.41) is 1.56. The molecule has 0 aliphatic carbocycles. The van der Waals surface area contributed by atoms with Crippen molar-refractivity contribution < 1.29 is 4.79 Å². The van der Waals surface area contributed by atoms with E-state index in [1.165, 1.54) is 16.9 Å². The first-order valence-electron chi connectivity index (χ1n) is 9.71. The van der Waals surface area contributed by atoms with Gasteiger partial charge in [-0.2, -0.15) is 0 Å². The zero-order valence-corrected chi connectivity index (χ0v) is 19.5. The van der Waals surface area contributed by atoms with Gasteiger partial charge in [-0.15, -0.1) is 0 Å². The first kappa shape index (κ1) is 22.0. The van der Waals surface area contributed by atoms with E-state index in [0.717, 1.165) is 35.4 Å². The highest BCUT2D eigenvalue weighted by Gasteiger charge is 2.24. The fourth-order valence-electron chi connectivity index (χ4n) is 3.35. The second-order valence-electron chi connectivity index (χ2n) is 7.03. The maximum atomic E-state index is 13.5. The predicted molar refractivity (Wildman–Crippen MR) is 125 cm³/mol. The lowest BCUT2D eigenvalue weighted by Crippen LogP contribution is -2.39. The van der Waals surface area contributed by atoms with Gasteiger partial charge in [-0.1, -0.05) is 54.5 Å². The van der Waals surface area contributed by atoms with Crippen molar-refractivity contribution in [2.45, 2.75) is 27.7 Å². The molecule has 29 heavy (non-hydrogen) atoms. The summed E-state index contributed by atoms with van der Waals surface area (Å²) in [4.78, 5) is 22.3. The summed E-state index contributed by atoms with van der Waals surface area (Å²) in [6.07, 6.45) is 0. The number of rotatable bonds is 7. The number of aromatic nitrogens is 1. The Kier molecular flexibility index (Phi) is 7.17. The molecule has 1 aromatic heterocycles. The molecule has 1 amide bonds. The highest BCUT2D eigenvalue weighted by Crippen LogP contribution is 2.33. The maximum absolute atomic E-state index is 13.5. The number of hydrogen-bond acceptors (Lipinski definition) is 4. The van der Waals surface area contributed by atoms with Gasteiger partial charge in [0.2, 0.25) is 0 Å². The molecule has 3 aromatic rings. The molecule has 0 bridgehead atoms. The molecule has 0 saturated heterocycles. The molecule has 7 heteroatoms. The van der Waals surface area contributed by atoms with Gasteiger partial charge in [0.25, 0.3) is 5.91 Å². The average molecular weight is 450 g/mol. The van der Waals surface area contributed by atoms with Crippen molar-refractivity contribution in [2.75, 3.05) is 31.1 Å². The van der Waals surface area contributed by atoms with E-state index in [1.807, 2.05) is 0 Å². The van der Waals surface area contributed by atoms with E-state index in [1.54, 1.807) is 23.1 Å². The number of likely N-dealkylation sites (N-methyl/N-ethyl adjacent to an activating group) is 1. The highest BCUT2D eigenvalue weighted by molar-refractivity contribution is 7.22. The van der Waals surface area contributed by atoms with Crippen LogP contribution in [0.4, 0.5) is 5.13 Å². The lowest BCUT2D eigenvalue weighted by Gasteiger charge is -2.25. The van der Waals surface area contributed by atoms with Crippen molar-refractivity contribution in [1.29, 1.82) is 0 Å². The Morgan fingerprint density at radius 1 is 1.07 bits per heavy atom. The summed E-state index contributed by atoms with van der Waals surface area (Å²) >= 11 is 14.0. The normalized spacial score (nSPS) is 11.4. The van der Waals surface area contributed by atoms with Gasteiger partial charge >= 0.3 is 0 Å². The number of anilines is 1. The summed E-state index contributed by atoms with van der Waals surface area (Å²) in [6.45, 7) is 11.5. The quantitative estimate of drug-likeness (QED) is 0.430. The number of aryl methyl sites for hydroxylation is 2. The molecule has 3 rings (SSSR count). The summed E-state index contributed by atoms with van der Waals surface area (Å²) in [7, 11) is 0. The topological polar surface area (TPSA) is 36.4 Å². The third kappa shape index (κ3) is 4.92. The van der Waals surface area contributed by atoms with Crippen molar-refractivity contribution in [3.63, 3.8) is 0 Å². The molecule has 4 nitrogen and oxygen atoms in total. The van der Waals surface area contributed by atoms with Crippen LogP contribution >= 0.6 is 34.5 Å². The van der Waals surface area contributed by atoms with Gasteiger partial charge in [-0.25, -0.2) is 4.98 Å². The Bertz CT molecular complexity index is 1030. The van der Waals surface area contributed by atoms with E-state index in [9.17, 15) is 4.79 Å². The number of benzene rings is 2. The third-order valence-electron chi connectivity index (χ3n) is 4.99. The molecule has 2 aromatic carbocycles. The summed E-state index contributed by atoms with van der Waals surface area (Å²) in [5.41, 5.74) is 3.63. The van der Waals surface area contributed by atoms with E-state index < -0.39 is 0 Å². The SMILES string of the molecule is CCN(CC)CCN(C(=O)c1cc(Cl)ccc1Cl)c1nc2c(C)cc(C)cc2s1. The molecule has 0 aliphatic heterocycles. The van der Waals surface area contributed by atoms with Gasteiger partial charge in [0.05, 0.1) is 20.8 Å². The van der Waals surface area contributed by atoms with Gasteiger partial charge in [-0.3, -0.25) is 9.69 Å². The fourth-order valence-corrected chi connectivity index (χ4v) is 4.88. The summed E-state index contributed by atoms with van der Waals surface area (Å²) in [5.74, 6) is -0.182. The van der Waals surface area contributed by atoms with Gasteiger partial charge in [0, 0.05) is 18.1 Å². The molecule has 0 N–H and O–H groups in total. The Morgan fingerprint density at radius 3 is 2.48 bits per heavy atom. The number of hydrogen-bond donors (Lipinski definition) is 0. The number of amides is 1. The van der Waals surface area contributed by atoms with Crippen LogP contribution in [0, 0.1) is 13.8 Å². The first-order chi connectivity index (χ1) is 13.8. The zero-order valence-electron chi connectivity index (χ0n) is 17.1. The van der Waals surface area contributed by atoms with E-state index >= 15 is 0 Å². The Labute approximate surface area is 186 Å². The van der Waals surface area contributed by atoms with E-state index in [-0.39, 0.29) is 5.91 Å². The minimum Gasteiger partial charge on any atom is -0.302 e. The van der Waals surface area contributed by atoms with Crippen molar-refractivity contribution in [3.05, 3.63) is 57.1 Å². The van der Waals surface area contributed by atoms with E-state index in [2.05, 4.69) is 44.7 Å². The average Bonchev–Trinajstić information content (AvgIpc) is 3.10. The predicted octanol–water partition coefficient (Wildman–Crippen LogP) is 6.21. The number of halogens is 2. The standard InChI is InChI=1S/C22H25Cl2N3OS/c1-5-26(6-2)9-10-27(21(28)17-13-16(23)7-8-18(17)24)22-25-20-15(4)11-14(3)12-19(20)29-22/h7-8,11-13H,5-6,9-10H2,1-4H3. The number of thiazole rings is 1. The molecule has 0 aliphatic rings. The second kappa shape index (κ2) is 9.43. The minimum atomic E-state index is -0.182. The highest BCUT2D eigenvalue weighted by atomic mass is 35.5. The van der Waals surface area contributed by atoms with Crippen LogP contribution in [0.25, 0.3) is 10.2 Å². The van der Waals surface area contributed by atoms with E-state index in [0.29, 0.717) is 27.3 Å². The van der Waals surface area contributed by atoms with Crippen LogP contribution in [0.2, 0.25) is 10.0 Å². The van der Waals surface area contributed by atoms with Crippen molar-refractivity contribution >= 4 is 55.8 Å². The van der Waals surface area contributed by atoms with E-state index in [4.69, 9.17) is 28.2 Å². The second-order valence-corrected chi connectivity index (χ2v) is 8.89. The molecule has 0 saturated carbocycles. The van der Waals surface area contributed by atoms with Gasteiger partial charge in [0.15, 0.2) is 5.13 Å². The Hall–Kier alpha value is -1.66. The fraction of sp³-hybridized carbons (Fsp3) is 0.364. The third-order valence-corrected chi connectivity index (χ3v) is 6.58. The molecule has 1 heterocycles. The van der Waals surface area contributed by atoms with Crippen LogP contribution < -0.4 is 4.90 Å². The van der Waals surface area contributed by atoms with Crippen LogP contribution in [0.1, 0.15) is 35.3 Å². The first-order valence-corrected chi connectivity index (χ1v) is 11.3. The van der Waals surface area contributed by atoms with Crippen LogP contribution in [0.15, 0.2) is 30.3 Å². The van der Waals surface area contributed by atoms with Gasteiger partial charge in [-0.05, 0) is 62.3 Å². The largest absolute Gasteiger partial charge is 0.302 e. The van der Waals surface area contributed by atoms with Crippen LogP contribution in [0.3, 0.4) is 0 Å². The molecule has 0 radical (unpaired) electrons. The number of carbonyl (C=O) groups is 1. The number of nitrogens with zero attached hydrogens (tertiary/aromatic N) is 3. The monoisotopic (exact) mass is 449 g/mol. The molecule has 154 valence electrons. The lowest BCUT2D eigenvalue weighted by molar-refractivity contribution is 0.0984. The molecular formula is C22H25Cl2N3OS. The maximum Gasteiger partial charge on any atom is 0.261 e. The van der Waals surface area contributed by atoms with Crippen molar-refractivity contribution in [3.8, 4) is 0 Å². The van der Waals surface area contributed by atoms with Crippen molar-refractivity contribution in [2.24, 2.45) is 0 Å². The Balaban J connectivity index is 2.04. The number of fused-ring (bicyclic) bond motifs is 1. The molecule has 0 fully saturated rings. The molecule has 0 spiro atoms. The van der Waals surface area contributed by atoms with Crippen molar-refractivity contribution in [1.82, 2.24) is 9.88 Å². The smallest absolute Gasteiger partial charge is 0.261 e. The summed E-state index contributed by atoms with van der Waals surface area (Å²) < 4.78 is 1.08. The van der Waals surface area contributed by atoms with Gasteiger partial charge in [0.1, 0.15) is 0 Å². The van der Waals surface area contributed by atoms with Crippen LogP contribution in [-0.2, 0) is 0 Å². The minimum absolute atomic E-state index is 0.182. The van der Waals surface area contributed by atoms with Crippen LogP contribution in [-0.4, -0.2) is 42.0 Å².